The van der Waals surface area contributed by atoms with Crippen LogP contribution in [0.5, 0.6) is 0 Å². The minimum atomic E-state index is -1.36. The topological polar surface area (TPSA) is 55.8 Å². The molecule has 2 unspecified atom stereocenters. The second-order valence-electron chi connectivity index (χ2n) is 7.57. The molecule has 27 heavy (non-hydrogen) atoms. The van der Waals surface area contributed by atoms with Gasteiger partial charge in [-0.25, -0.2) is 4.79 Å². The molecule has 3 aliphatic heterocycles. The number of nitrogens with zero attached hydrogens (tertiary/aromatic N) is 1. The molecule has 2 aromatic carbocycles. The van der Waals surface area contributed by atoms with E-state index in [2.05, 4.69) is 23.1 Å². The van der Waals surface area contributed by atoms with E-state index in [0.29, 0.717) is 24.1 Å². The van der Waals surface area contributed by atoms with Crippen molar-refractivity contribution in [2.24, 2.45) is 5.92 Å². The third-order valence-electron chi connectivity index (χ3n) is 5.90. The second-order valence-corrected chi connectivity index (χ2v) is 7.57. The zero-order chi connectivity index (χ0) is 18.6. The van der Waals surface area contributed by atoms with Gasteiger partial charge in [-0.15, -0.1) is 0 Å². The van der Waals surface area contributed by atoms with Gasteiger partial charge in [-0.2, -0.15) is 0 Å². The summed E-state index contributed by atoms with van der Waals surface area (Å²) in [5.74, 6) is -2.39. The maximum absolute atomic E-state index is 12.5. The molecule has 0 spiro atoms. The molecule has 0 radical (unpaired) electrons. The third kappa shape index (κ3) is 2.37. The van der Waals surface area contributed by atoms with Gasteiger partial charge in [-0.05, 0) is 36.5 Å². The van der Waals surface area contributed by atoms with Crippen molar-refractivity contribution in [3.63, 3.8) is 0 Å². The number of aryl methyl sites for hydroxylation is 1. The highest BCUT2D eigenvalue weighted by molar-refractivity contribution is 5.95. The van der Waals surface area contributed by atoms with Crippen LogP contribution in [0.2, 0.25) is 0 Å². The maximum atomic E-state index is 12.5. The Balaban J connectivity index is 1.63. The Morgan fingerprint density at radius 3 is 2.85 bits per heavy atom. The number of fused-ring (bicyclic) bond motifs is 1. The van der Waals surface area contributed by atoms with Crippen molar-refractivity contribution in [2.45, 2.75) is 32.0 Å². The number of anilines is 1. The van der Waals surface area contributed by atoms with Crippen LogP contribution in [0.4, 0.5) is 5.69 Å². The number of hydrogen-bond acceptors (Lipinski definition) is 5. The average molecular weight is 363 g/mol. The highest BCUT2D eigenvalue weighted by Crippen LogP contribution is 2.48. The zero-order valence-electron chi connectivity index (χ0n) is 15.2. The van der Waals surface area contributed by atoms with Crippen LogP contribution in [0.3, 0.4) is 0 Å². The van der Waals surface area contributed by atoms with E-state index in [0.717, 1.165) is 19.4 Å². The van der Waals surface area contributed by atoms with E-state index in [1.807, 2.05) is 12.1 Å². The lowest BCUT2D eigenvalue weighted by Gasteiger charge is -2.45. The summed E-state index contributed by atoms with van der Waals surface area (Å²) in [5, 5.41) is 0. The largest absolute Gasteiger partial charge is 0.418 e. The number of para-hydroxylation sites is 1. The SMILES string of the molecule is CC(=O)OC1(C2Cc3cccc4c3N(CCC4)C2)OC(=O)c2ccccc21. The summed E-state index contributed by atoms with van der Waals surface area (Å²) in [6, 6.07) is 13.6. The van der Waals surface area contributed by atoms with Gasteiger partial charge in [0.2, 0.25) is 0 Å². The molecule has 0 saturated carbocycles. The molecule has 0 aliphatic carbocycles. The lowest BCUT2D eigenvalue weighted by atomic mass is 9.80. The quantitative estimate of drug-likeness (QED) is 0.767. The summed E-state index contributed by atoms with van der Waals surface area (Å²) in [5.41, 5.74) is 5.07. The van der Waals surface area contributed by atoms with Crippen molar-refractivity contribution in [2.75, 3.05) is 18.0 Å². The van der Waals surface area contributed by atoms with Crippen LogP contribution in [0, 0.1) is 5.92 Å². The Bertz CT molecular complexity index is 949. The number of cyclic esters (lactones) is 1. The summed E-state index contributed by atoms with van der Waals surface area (Å²) in [6.45, 7) is 3.03. The molecule has 5 heteroatoms. The summed E-state index contributed by atoms with van der Waals surface area (Å²) < 4.78 is 11.6. The molecule has 2 aromatic rings. The van der Waals surface area contributed by atoms with Crippen LogP contribution < -0.4 is 4.90 Å². The lowest BCUT2D eigenvalue weighted by molar-refractivity contribution is -0.230. The molecule has 5 rings (SSSR count). The van der Waals surface area contributed by atoms with Crippen molar-refractivity contribution in [3.05, 3.63) is 64.7 Å². The van der Waals surface area contributed by atoms with E-state index in [-0.39, 0.29) is 5.92 Å². The number of benzene rings is 2. The number of hydrogen-bond donors (Lipinski definition) is 0. The van der Waals surface area contributed by atoms with Gasteiger partial charge in [0.1, 0.15) is 0 Å². The smallest absolute Gasteiger partial charge is 0.342 e. The minimum Gasteiger partial charge on any atom is -0.418 e. The number of rotatable bonds is 2. The molecule has 0 saturated heterocycles. The van der Waals surface area contributed by atoms with E-state index < -0.39 is 17.7 Å². The number of ether oxygens (including phenoxy) is 2. The molecule has 138 valence electrons. The second kappa shape index (κ2) is 5.84. The normalized spacial score (nSPS) is 25.4. The van der Waals surface area contributed by atoms with Gasteiger partial charge in [0.25, 0.3) is 5.79 Å². The van der Waals surface area contributed by atoms with Gasteiger partial charge in [0, 0.05) is 25.7 Å². The first-order valence-corrected chi connectivity index (χ1v) is 9.46. The van der Waals surface area contributed by atoms with Crippen LogP contribution in [-0.2, 0) is 32.9 Å². The molecule has 0 aromatic heterocycles. The first kappa shape index (κ1) is 16.4. The van der Waals surface area contributed by atoms with Gasteiger partial charge in [0.15, 0.2) is 0 Å². The molecule has 3 aliphatic rings. The molecule has 5 nitrogen and oxygen atoms in total. The van der Waals surface area contributed by atoms with Crippen molar-refractivity contribution in [1.29, 1.82) is 0 Å². The van der Waals surface area contributed by atoms with Crippen LogP contribution >= 0.6 is 0 Å². The maximum Gasteiger partial charge on any atom is 0.342 e. The molecule has 0 bridgehead atoms. The van der Waals surface area contributed by atoms with Gasteiger partial charge in [0.05, 0.1) is 17.0 Å². The van der Waals surface area contributed by atoms with Crippen molar-refractivity contribution >= 4 is 17.6 Å². The van der Waals surface area contributed by atoms with E-state index >= 15 is 0 Å². The highest BCUT2D eigenvalue weighted by atomic mass is 16.7. The summed E-state index contributed by atoms with van der Waals surface area (Å²) in [7, 11) is 0. The standard InChI is InChI=1S/C22H21NO4/c1-14(24)26-22(19-10-3-2-9-18(19)21(25)27-22)17-12-16-7-4-6-15-8-5-11-23(13-17)20(15)16/h2-4,6-7,9-10,17H,5,8,11-13H2,1H3. The molecule has 0 N–H and O–H groups in total. The van der Waals surface area contributed by atoms with Gasteiger partial charge >= 0.3 is 11.9 Å². The minimum absolute atomic E-state index is 0.158. The fourth-order valence-electron chi connectivity index (χ4n) is 4.91. The predicted molar refractivity (Wildman–Crippen MR) is 99.5 cm³/mol. The third-order valence-corrected chi connectivity index (χ3v) is 5.90. The molecular formula is C22H21NO4. The zero-order valence-corrected chi connectivity index (χ0v) is 15.2. The molecule has 3 heterocycles. The van der Waals surface area contributed by atoms with E-state index in [1.54, 1.807) is 12.1 Å². The summed E-state index contributed by atoms with van der Waals surface area (Å²) >= 11 is 0. The molecule has 0 fully saturated rings. The number of esters is 2. The van der Waals surface area contributed by atoms with E-state index in [4.69, 9.17) is 9.47 Å². The van der Waals surface area contributed by atoms with E-state index in [9.17, 15) is 9.59 Å². The first-order chi connectivity index (χ1) is 13.1. The average Bonchev–Trinajstić information content (AvgIpc) is 2.95. The molecule has 2 atom stereocenters. The van der Waals surface area contributed by atoms with Crippen LogP contribution in [0.15, 0.2) is 42.5 Å². The van der Waals surface area contributed by atoms with Crippen LogP contribution in [-0.4, -0.2) is 25.0 Å². The van der Waals surface area contributed by atoms with Crippen molar-refractivity contribution < 1.29 is 19.1 Å². The van der Waals surface area contributed by atoms with Gasteiger partial charge in [-0.1, -0.05) is 36.4 Å². The van der Waals surface area contributed by atoms with Crippen molar-refractivity contribution in [1.82, 2.24) is 0 Å². The van der Waals surface area contributed by atoms with Crippen LogP contribution in [0.25, 0.3) is 0 Å². The van der Waals surface area contributed by atoms with Gasteiger partial charge < -0.3 is 14.4 Å². The Morgan fingerprint density at radius 1 is 1.19 bits per heavy atom. The molecular weight excluding hydrogens is 342 g/mol. The fraction of sp³-hybridized carbons (Fsp3) is 0.364. The van der Waals surface area contributed by atoms with E-state index in [1.165, 1.54) is 23.7 Å². The van der Waals surface area contributed by atoms with Crippen LogP contribution in [0.1, 0.15) is 40.4 Å². The monoisotopic (exact) mass is 363 g/mol. The summed E-state index contributed by atoms with van der Waals surface area (Å²) in [6.07, 6.45) is 2.89. The molecule has 0 amide bonds. The Labute approximate surface area is 157 Å². The van der Waals surface area contributed by atoms with Gasteiger partial charge in [-0.3, -0.25) is 4.79 Å². The predicted octanol–water partition coefficient (Wildman–Crippen LogP) is 3.20. The fourth-order valence-corrected chi connectivity index (χ4v) is 4.91. The summed E-state index contributed by atoms with van der Waals surface area (Å²) in [4.78, 5) is 26.9. The highest BCUT2D eigenvalue weighted by Gasteiger charge is 2.55. The lowest BCUT2D eigenvalue weighted by Crippen LogP contribution is -2.50. The number of carbonyl (C=O) groups excluding carboxylic acids is 2. The Morgan fingerprint density at radius 2 is 2.00 bits per heavy atom. The Kier molecular flexibility index (Phi) is 3.54. The Hall–Kier alpha value is -2.82. The first-order valence-electron chi connectivity index (χ1n) is 9.46. The van der Waals surface area contributed by atoms with Crippen molar-refractivity contribution in [3.8, 4) is 0 Å². The number of carbonyl (C=O) groups is 2.